The highest BCUT2D eigenvalue weighted by molar-refractivity contribution is 4.89. The van der Waals surface area contributed by atoms with E-state index in [9.17, 15) is 4.39 Å². The summed E-state index contributed by atoms with van der Waals surface area (Å²) in [5.41, 5.74) is 0. The standard InChI is InChI=1S/C9H17FO4/c1-5-6(11-2)7(12-3)8(13-4)9(10)14-5/h5-9H,1-4H3/t5-,6-,7+,8+,9?/m0/s1. The van der Waals surface area contributed by atoms with E-state index in [4.69, 9.17) is 18.9 Å². The Hall–Kier alpha value is -0.230. The number of rotatable bonds is 3. The second-order valence-electron chi connectivity index (χ2n) is 3.29. The van der Waals surface area contributed by atoms with Gasteiger partial charge in [-0.2, -0.15) is 0 Å². The van der Waals surface area contributed by atoms with Gasteiger partial charge in [0.15, 0.2) is 0 Å². The lowest BCUT2D eigenvalue weighted by Gasteiger charge is -2.40. The topological polar surface area (TPSA) is 36.9 Å². The van der Waals surface area contributed by atoms with Gasteiger partial charge in [0.05, 0.1) is 6.10 Å². The summed E-state index contributed by atoms with van der Waals surface area (Å²) in [6, 6.07) is 0. The number of hydrogen-bond donors (Lipinski definition) is 0. The van der Waals surface area contributed by atoms with Crippen molar-refractivity contribution in [1.82, 2.24) is 0 Å². The Morgan fingerprint density at radius 2 is 1.43 bits per heavy atom. The molecule has 0 radical (unpaired) electrons. The van der Waals surface area contributed by atoms with Crippen molar-refractivity contribution in [2.75, 3.05) is 21.3 Å². The fourth-order valence-corrected chi connectivity index (χ4v) is 1.80. The van der Waals surface area contributed by atoms with Crippen LogP contribution in [0, 0.1) is 0 Å². The minimum atomic E-state index is -1.47. The van der Waals surface area contributed by atoms with Crippen molar-refractivity contribution < 1.29 is 23.3 Å². The van der Waals surface area contributed by atoms with Crippen LogP contribution in [0.2, 0.25) is 0 Å². The second kappa shape index (κ2) is 5.02. The lowest BCUT2D eigenvalue weighted by molar-refractivity contribution is -0.269. The quantitative estimate of drug-likeness (QED) is 0.685. The minimum absolute atomic E-state index is 0.308. The van der Waals surface area contributed by atoms with Crippen LogP contribution in [0.4, 0.5) is 4.39 Å². The molecule has 5 heteroatoms. The predicted molar refractivity (Wildman–Crippen MR) is 47.8 cm³/mol. The zero-order valence-electron chi connectivity index (χ0n) is 8.90. The Morgan fingerprint density at radius 1 is 0.929 bits per heavy atom. The molecule has 1 aliphatic rings. The molecule has 0 aromatic rings. The summed E-state index contributed by atoms with van der Waals surface area (Å²) >= 11 is 0. The maximum Gasteiger partial charge on any atom is 0.228 e. The van der Waals surface area contributed by atoms with Gasteiger partial charge in [-0.1, -0.05) is 0 Å². The highest BCUT2D eigenvalue weighted by atomic mass is 19.1. The molecule has 0 aliphatic carbocycles. The van der Waals surface area contributed by atoms with Crippen LogP contribution in [0.1, 0.15) is 6.92 Å². The van der Waals surface area contributed by atoms with Crippen LogP contribution in [0.15, 0.2) is 0 Å². The van der Waals surface area contributed by atoms with E-state index in [-0.39, 0.29) is 12.2 Å². The smallest absolute Gasteiger partial charge is 0.228 e. The van der Waals surface area contributed by atoms with Gasteiger partial charge >= 0.3 is 0 Å². The van der Waals surface area contributed by atoms with Crippen molar-refractivity contribution in [2.24, 2.45) is 0 Å². The van der Waals surface area contributed by atoms with Crippen LogP contribution in [0.3, 0.4) is 0 Å². The molecule has 1 aliphatic heterocycles. The Balaban J connectivity index is 2.76. The van der Waals surface area contributed by atoms with Crippen molar-refractivity contribution in [3.8, 4) is 0 Å². The monoisotopic (exact) mass is 208 g/mol. The SMILES string of the molecule is CO[C@@H]1[C@@H](OC)[C@@H](OC)C(F)O[C@H]1C. The minimum Gasteiger partial charge on any atom is -0.376 e. The Bertz CT molecular complexity index is 162. The molecule has 1 unspecified atom stereocenters. The van der Waals surface area contributed by atoms with Crippen molar-refractivity contribution in [3.05, 3.63) is 0 Å². The van der Waals surface area contributed by atoms with Crippen LogP contribution < -0.4 is 0 Å². The van der Waals surface area contributed by atoms with E-state index in [0.29, 0.717) is 0 Å². The second-order valence-corrected chi connectivity index (χ2v) is 3.29. The maximum absolute atomic E-state index is 13.4. The van der Waals surface area contributed by atoms with Gasteiger partial charge in [-0.15, -0.1) is 0 Å². The van der Waals surface area contributed by atoms with Crippen LogP contribution in [-0.4, -0.2) is 52.1 Å². The molecular formula is C9H17FO4. The third-order valence-electron chi connectivity index (χ3n) is 2.53. The molecular weight excluding hydrogens is 191 g/mol. The molecule has 5 atom stereocenters. The van der Waals surface area contributed by atoms with E-state index in [1.54, 1.807) is 14.0 Å². The summed E-state index contributed by atoms with van der Waals surface area (Å²) in [7, 11) is 4.48. The van der Waals surface area contributed by atoms with Gasteiger partial charge in [0.2, 0.25) is 6.36 Å². The van der Waals surface area contributed by atoms with Gasteiger partial charge in [0, 0.05) is 21.3 Å². The number of alkyl halides is 1. The first kappa shape index (κ1) is 11.8. The zero-order valence-corrected chi connectivity index (χ0v) is 8.90. The average molecular weight is 208 g/mol. The van der Waals surface area contributed by atoms with Gasteiger partial charge in [0.25, 0.3) is 0 Å². The van der Waals surface area contributed by atoms with Gasteiger partial charge in [-0.3, -0.25) is 0 Å². The maximum atomic E-state index is 13.4. The van der Waals surface area contributed by atoms with Gasteiger partial charge in [-0.05, 0) is 6.92 Å². The van der Waals surface area contributed by atoms with Crippen molar-refractivity contribution in [1.29, 1.82) is 0 Å². The molecule has 0 amide bonds. The largest absolute Gasteiger partial charge is 0.376 e. The van der Waals surface area contributed by atoms with E-state index >= 15 is 0 Å². The Kier molecular flexibility index (Phi) is 4.25. The molecule has 84 valence electrons. The number of hydrogen-bond acceptors (Lipinski definition) is 4. The van der Waals surface area contributed by atoms with Crippen LogP contribution in [0.25, 0.3) is 0 Å². The van der Waals surface area contributed by atoms with Gasteiger partial charge in [0.1, 0.15) is 18.3 Å². The number of halogens is 1. The number of methoxy groups -OCH3 is 3. The first-order valence-electron chi connectivity index (χ1n) is 4.53. The molecule has 1 rings (SSSR count). The predicted octanol–water partition coefficient (Wildman–Crippen LogP) is 0.746. The summed E-state index contributed by atoms with van der Waals surface area (Å²) in [6.07, 6.45) is -3.29. The summed E-state index contributed by atoms with van der Waals surface area (Å²) in [5.74, 6) is 0. The van der Waals surface area contributed by atoms with E-state index in [1.165, 1.54) is 14.2 Å². The zero-order chi connectivity index (χ0) is 10.7. The molecule has 4 nitrogen and oxygen atoms in total. The normalized spacial score (nSPS) is 43.9. The highest BCUT2D eigenvalue weighted by Gasteiger charge is 2.45. The van der Waals surface area contributed by atoms with Crippen molar-refractivity contribution in [2.45, 2.75) is 37.7 Å². The highest BCUT2D eigenvalue weighted by Crippen LogP contribution is 2.27. The lowest BCUT2D eigenvalue weighted by Crippen LogP contribution is -2.57. The summed E-state index contributed by atoms with van der Waals surface area (Å²) in [4.78, 5) is 0. The van der Waals surface area contributed by atoms with Crippen LogP contribution in [-0.2, 0) is 18.9 Å². The summed E-state index contributed by atoms with van der Waals surface area (Å²) in [6.45, 7) is 1.75. The molecule has 14 heavy (non-hydrogen) atoms. The summed E-state index contributed by atoms with van der Waals surface area (Å²) < 4.78 is 33.7. The Morgan fingerprint density at radius 3 is 1.86 bits per heavy atom. The van der Waals surface area contributed by atoms with E-state index in [0.717, 1.165) is 0 Å². The van der Waals surface area contributed by atoms with E-state index in [2.05, 4.69) is 0 Å². The van der Waals surface area contributed by atoms with Crippen molar-refractivity contribution in [3.63, 3.8) is 0 Å². The molecule has 0 bridgehead atoms. The average Bonchev–Trinajstić information content (AvgIpc) is 2.16. The van der Waals surface area contributed by atoms with Gasteiger partial charge in [-0.25, -0.2) is 4.39 Å². The van der Waals surface area contributed by atoms with Crippen LogP contribution >= 0.6 is 0 Å². The molecule has 0 N–H and O–H groups in total. The first-order valence-corrected chi connectivity index (χ1v) is 4.53. The first-order chi connectivity index (χ1) is 6.65. The van der Waals surface area contributed by atoms with Crippen LogP contribution in [0.5, 0.6) is 0 Å². The molecule has 0 saturated carbocycles. The fraction of sp³-hybridized carbons (Fsp3) is 1.00. The lowest BCUT2D eigenvalue weighted by atomic mass is 10.00. The van der Waals surface area contributed by atoms with E-state index in [1.807, 2.05) is 0 Å². The Labute approximate surface area is 83.3 Å². The number of ether oxygens (including phenoxy) is 4. The summed E-state index contributed by atoms with van der Waals surface area (Å²) in [5, 5.41) is 0. The van der Waals surface area contributed by atoms with Gasteiger partial charge < -0.3 is 18.9 Å². The molecule has 1 heterocycles. The molecule has 0 aromatic heterocycles. The molecule has 1 fully saturated rings. The molecule has 0 aromatic carbocycles. The van der Waals surface area contributed by atoms with Crippen molar-refractivity contribution >= 4 is 0 Å². The third-order valence-corrected chi connectivity index (χ3v) is 2.53. The third kappa shape index (κ3) is 2.06. The van der Waals surface area contributed by atoms with E-state index < -0.39 is 18.6 Å². The molecule has 0 spiro atoms. The fourth-order valence-electron chi connectivity index (χ4n) is 1.80. The molecule has 1 saturated heterocycles.